The van der Waals surface area contributed by atoms with Crippen molar-refractivity contribution >= 4 is 27.6 Å². The molecule has 1 aromatic rings. The fourth-order valence-electron chi connectivity index (χ4n) is 4.63. The van der Waals surface area contributed by atoms with Crippen LogP contribution in [0.1, 0.15) is 51.1 Å². The number of alkyl halides is 1. The Balaban J connectivity index is 1.64. The van der Waals surface area contributed by atoms with Gasteiger partial charge in [0, 0.05) is 18.0 Å². The van der Waals surface area contributed by atoms with Gasteiger partial charge in [-0.3, -0.25) is 9.59 Å². The van der Waals surface area contributed by atoms with E-state index in [1.54, 1.807) is 4.90 Å². The first-order valence-electron chi connectivity index (χ1n) is 10.5. The molecule has 0 bridgehead atoms. The number of carbonyl (C=O) groups is 2. The van der Waals surface area contributed by atoms with Crippen LogP contribution in [0.3, 0.4) is 0 Å². The van der Waals surface area contributed by atoms with Crippen molar-refractivity contribution in [3.8, 4) is 0 Å². The van der Waals surface area contributed by atoms with Crippen molar-refractivity contribution in [1.29, 1.82) is 0 Å². The van der Waals surface area contributed by atoms with Crippen LogP contribution in [0.2, 0.25) is 0 Å². The Morgan fingerprint density at radius 2 is 1.97 bits per heavy atom. The number of nitrogens with zero attached hydrogens (tertiary/aromatic N) is 1. The second-order valence-corrected chi connectivity index (χ2v) is 9.66. The molecule has 1 aromatic carbocycles. The molecule has 4 unspecified atom stereocenters. The molecule has 0 saturated heterocycles. The Morgan fingerprint density at radius 3 is 2.69 bits per heavy atom. The van der Waals surface area contributed by atoms with Gasteiger partial charge in [0.15, 0.2) is 11.5 Å². The van der Waals surface area contributed by atoms with Crippen LogP contribution in [0.25, 0.3) is 0 Å². The Bertz CT molecular complexity index is 806. The maximum atomic E-state index is 13.5. The van der Waals surface area contributed by atoms with E-state index >= 15 is 0 Å². The minimum Gasteiger partial charge on any atom is -0.483 e. The van der Waals surface area contributed by atoms with Gasteiger partial charge < -0.3 is 14.4 Å². The lowest BCUT2D eigenvalue weighted by Gasteiger charge is -2.37. The molecule has 156 valence electrons. The fraction of sp³-hybridized carbons (Fsp3) is 0.565. The molecule has 2 aliphatic heterocycles. The summed E-state index contributed by atoms with van der Waals surface area (Å²) >= 11 is 3.67. The van der Waals surface area contributed by atoms with Gasteiger partial charge in [0.1, 0.15) is 6.10 Å². The largest absolute Gasteiger partial charge is 0.483 e. The summed E-state index contributed by atoms with van der Waals surface area (Å²) in [5.41, 5.74) is 1.51. The van der Waals surface area contributed by atoms with Crippen molar-refractivity contribution in [3.63, 3.8) is 0 Å². The summed E-state index contributed by atoms with van der Waals surface area (Å²) in [5, 5.41) is 0. The zero-order chi connectivity index (χ0) is 20.5. The van der Waals surface area contributed by atoms with Crippen LogP contribution in [0.15, 0.2) is 41.7 Å². The van der Waals surface area contributed by atoms with Gasteiger partial charge in [0.05, 0.1) is 23.6 Å². The summed E-state index contributed by atoms with van der Waals surface area (Å²) in [7, 11) is 0. The molecular weight excluding hydrogens is 434 g/mol. The van der Waals surface area contributed by atoms with Gasteiger partial charge in [0.2, 0.25) is 0 Å². The third-order valence-electron chi connectivity index (χ3n) is 5.99. The molecule has 1 aliphatic carbocycles. The Morgan fingerprint density at radius 1 is 1.21 bits per heavy atom. The molecule has 0 aromatic heterocycles. The monoisotopic (exact) mass is 461 g/mol. The molecular formula is C23H28BrNO4. The van der Waals surface area contributed by atoms with E-state index in [0.29, 0.717) is 23.6 Å². The van der Waals surface area contributed by atoms with E-state index in [2.05, 4.69) is 15.9 Å². The summed E-state index contributed by atoms with van der Waals surface area (Å²) in [6, 6.07) is 9.44. The number of rotatable bonds is 6. The average molecular weight is 462 g/mol. The van der Waals surface area contributed by atoms with Crippen LogP contribution in [-0.2, 0) is 19.1 Å². The topological polar surface area (TPSA) is 55.8 Å². The maximum absolute atomic E-state index is 13.5. The number of halogens is 1. The van der Waals surface area contributed by atoms with Crippen LogP contribution in [0.4, 0.5) is 0 Å². The molecule has 5 nitrogen and oxygen atoms in total. The summed E-state index contributed by atoms with van der Waals surface area (Å²) in [6.45, 7) is 5.11. The first kappa shape index (κ1) is 20.6. The molecule has 0 spiro atoms. The highest BCUT2D eigenvalue weighted by molar-refractivity contribution is 9.09. The highest BCUT2D eigenvalue weighted by Gasteiger charge is 2.52. The molecule has 2 heterocycles. The molecule has 1 amide bonds. The van der Waals surface area contributed by atoms with E-state index in [1.165, 1.54) is 0 Å². The van der Waals surface area contributed by atoms with Crippen molar-refractivity contribution in [1.82, 2.24) is 4.90 Å². The van der Waals surface area contributed by atoms with Crippen LogP contribution in [-0.4, -0.2) is 46.8 Å². The third kappa shape index (κ3) is 4.02. The highest BCUT2D eigenvalue weighted by Crippen LogP contribution is 2.47. The molecule has 0 radical (unpaired) electrons. The first-order chi connectivity index (χ1) is 14.0. The van der Waals surface area contributed by atoms with Gasteiger partial charge >= 0.3 is 0 Å². The summed E-state index contributed by atoms with van der Waals surface area (Å²) in [5.74, 6) is 0.0349. The first-order valence-corrected chi connectivity index (χ1v) is 11.5. The SMILES string of the molecule is CC(C)OCCCN1C(=O)C2=C(C(=O)C3CC(Br)CCC3O2)C1c1ccccc1. The molecule has 6 heteroatoms. The van der Waals surface area contributed by atoms with Crippen molar-refractivity contribution in [2.75, 3.05) is 13.2 Å². The number of fused-ring (bicyclic) bond motifs is 1. The molecule has 4 atom stereocenters. The van der Waals surface area contributed by atoms with Crippen molar-refractivity contribution in [2.24, 2.45) is 5.92 Å². The zero-order valence-electron chi connectivity index (χ0n) is 17.0. The van der Waals surface area contributed by atoms with Crippen molar-refractivity contribution in [2.45, 2.75) is 62.6 Å². The minimum atomic E-state index is -0.373. The standard InChI is InChI=1S/C23H28BrNO4/c1-14(2)28-12-6-11-25-20(15-7-4-3-5-8-15)19-21(26)17-13-16(24)9-10-18(17)29-22(19)23(25)27/h3-5,7-8,14,16-18,20H,6,9-13H2,1-2H3. The molecule has 1 fully saturated rings. The van der Waals surface area contributed by atoms with E-state index in [9.17, 15) is 9.59 Å². The van der Waals surface area contributed by atoms with Gasteiger partial charge in [-0.2, -0.15) is 0 Å². The smallest absolute Gasteiger partial charge is 0.290 e. The fourth-order valence-corrected chi connectivity index (χ4v) is 5.30. The van der Waals surface area contributed by atoms with E-state index in [-0.39, 0.29) is 41.6 Å². The van der Waals surface area contributed by atoms with Crippen LogP contribution < -0.4 is 0 Å². The number of Topliss-reactive ketones (excluding diaryl/α,β-unsaturated/α-hetero) is 1. The van der Waals surface area contributed by atoms with Gasteiger partial charge in [-0.25, -0.2) is 0 Å². The Kier molecular flexibility index (Phi) is 6.11. The summed E-state index contributed by atoms with van der Waals surface area (Å²) in [4.78, 5) is 28.9. The second-order valence-electron chi connectivity index (χ2n) is 8.37. The van der Waals surface area contributed by atoms with Crippen LogP contribution in [0.5, 0.6) is 0 Å². The second kappa shape index (κ2) is 8.60. The lowest BCUT2D eigenvalue weighted by atomic mass is 9.77. The molecule has 4 rings (SSSR count). The third-order valence-corrected chi connectivity index (χ3v) is 6.82. The van der Waals surface area contributed by atoms with Gasteiger partial charge in [-0.05, 0) is 45.1 Å². The number of carbonyl (C=O) groups excluding carboxylic acids is 2. The van der Waals surface area contributed by atoms with E-state index in [1.807, 2.05) is 44.2 Å². The zero-order valence-corrected chi connectivity index (χ0v) is 18.6. The average Bonchev–Trinajstić information content (AvgIpc) is 2.99. The normalized spacial score (nSPS) is 29.2. The van der Waals surface area contributed by atoms with Gasteiger partial charge in [0.25, 0.3) is 5.91 Å². The van der Waals surface area contributed by atoms with Crippen molar-refractivity contribution in [3.05, 3.63) is 47.2 Å². The summed E-state index contributed by atoms with van der Waals surface area (Å²) in [6.07, 6.45) is 3.22. The number of ether oxygens (including phenoxy) is 2. The van der Waals surface area contributed by atoms with E-state index in [4.69, 9.17) is 9.47 Å². The van der Waals surface area contributed by atoms with Crippen molar-refractivity contribution < 1.29 is 19.1 Å². The predicted octanol–water partition coefficient (Wildman–Crippen LogP) is 4.17. The maximum Gasteiger partial charge on any atom is 0.290 e. The predicted molar refractivity (Wildman–Crippen MR) is 114 cm³/mol. The molecule has 29 heavy (non-hydrogen) atoms. The van der Waals surface area contributed by atoms with Crippen LogP contribution >= 0.6 is 15.9 Å². The molecule has 0 N–H and O–H groups in total. The number of hydrogen-bond acceptors (Lipinski definition) is 4. The lowest BCUT2D eigenvalue weighted by molar-refractivity contribution is -0.135. The van der Waals surface area contributed by atoms with Gasteiger partial charge in [-0.1, -0.05) is 46.3 Å². The van der Waals surface area contributed by atoms with E-state index < -0.39 is 0 Å². The van der Waals surface area contributed by atoms with Gasteiger partial charge in [-0.15, -0.1) is 0 Å². The number of amides is 1. The summed E-state index contributed by atoms with van der Waals surface area (Å²) < 4.78 is 11.8. The van der Waals surface area contributed by atoms with E-state index in [0.717, 1.165) is 31.2 Å². The number of benzene rings is 1. The minimum absolute atomic E-state index is 0.0866. The number of hydrogen-bond donors (Lipinski definition) is 0. The highest BCUT2D eigenvalue weighted by atomic mass is 79.9. The molecule has 1 saturated carbocycles. The Labute approximate surface area is 180 Å². The quantitative estimate of drug-likeness (QED) is 0.471. The lowest BCUT2D eigenvalue weighted by Crippen LogP contribution is -2.41. The van der Waals surface area contributed by atoms with Crippen LogP contribution in [0, 0.1) is 5.92 Å². The Hall–Kier alpha value is -1.66. The number of ketones is 1. The molecule has 3 aliphatic rings.